The fraction of sp³-hybridized carbons (Fsp3) is 0.100. The first-order valence-electron chi connectivity index (χ1n) is 8.25. The molecular formula is C20H17FN4O2. The molecule has 1 aromatic heterocycles. The molecule has 7 heteroatoms. The maximum atomic E-state index is 12.9. The van der Waals surface area contributed by atoms with Crippen LogP contribution < -0.4 is 10.6 Å². The van der Waals surface area contributed by atoms with Crippen LogP contribution in [-0.4, -0.2) is 21.7 Å². The molecule has 3 aromatic rings. The Hall–Kier alpha value is -3.61. The zero-order valence-electron chi connectivity index (χ0n) is 14.6. The predicted octanol–water partition coefficient (Wildman–Crippen LogP) is 3.68. The van der Waals surface area contributed by atoms with Crippen molar-refractivity contribution in [3.63, 3.8) is 0 Å². The van der Waals surface area contributed by atoms with Gasteiger partial charge in [0.15, 0.2) is 5.78 Å². The van der Waals surface area contributed by atoms with Crippen LogP contribution in [0.4, 0.5) is 16.0 Å². The summed E-state index contributed by atoms with van der Waals surface area (Å²) in [6.45, 7) is 1.88. The van der Waals surface area contributed by atoms with Crippen molar-refractivity contribution in [2.24, 2.45) is 0 Å². The van der Waals surface area contributed by atoms with Crippen LogP contribution in [0.2, 0.25) is 0 Å². The molecule has 0 aliphatic rings. The van der Waals surface area contributed by atoms with Gasteiger partial charge in [0.05, 0.1) is 0 Å². The molecule has 0 unspecified atom stereocenters. The second-order valence-corrected chi connectivity index (χ2v) is 5.83. The van der Waals surface area contributed by atoms with Gasteiger partial charge in [0.1, 0.15) is 11.5 Å². The molecule has 2 aromatic carbocycles. The molecule has 27 heavy (non-hydrogen) atoms. The number of nitrogens with one attached hydrogen (secondary N) is 2. The molecular weight excluding hydrogens is 347 g/mol. The lowest BCUT2D eigenvalue weighted by Gasteiger charge is -2.08. The van der Waals surface area contributed by atoms with Gasteiger partial charge in [-0.05, 0) is 55.0 Å². The SMILES string of the molecule is CC(=O)c1ccc(NC(=O)c2ccnc(NCc3ccc(F)cc3)n2)cc1. The van der Waals surface area contributed by atoms with Crippen molar-refractivity contribution in [1.82, 2.24) is 9.97 Å². The van der Waals surface area contributed by atoms with Gasteiger partial charge in [-0.3, -0.25) is 9.59 Å². The topological polar surface area (TPSA) is 84.0 Å². The van der Waals surface area contributed by atoms with Crippen LogP contribution in [0.1, 0.15) is 33.3 Å². The van der Waals surface area contributed by atoms with E-state index in [0.717, 1.165) is 5.56 Å². The third kappa shape index (κ3) is 4.94. The van der Waals surface area contributed by atoms with E-state index in [0.29, 0.717) is 23.7 Å². The van der Waals surface area contributed by atoms with E-state index in [1.807, 2.05) is 0 Å². The normalized spacial score (nSPS) is 10.3. The lowest BCUT2D eigenvalue weighted by atomic mass is 10.1. The Morgan fingerprint density at radius 1 is 1.00 bits per heavy atom. The Morgan fingerprint density at radius 2 is 1.70 bits per heavy atom. The number of aromatic nitrogens is 2. The first kappa shape index (κ1) is 18.2. The van der Waals surface area contributed by atoms with Crippen molar-refractivity contribution in [1.29, 1.82) is 0 Å². The number of hydrogen-bond donors (Lipinski definition) is 2. The zero-order valence-corrected chi connectivity index (χ0v) is 14.6. The summed E-state index contributed by atoms with van der Waals surface area (Å²) in [6.07, 6.45) is 1.48. The van der Waals surface area contributed by atoms with Crippen LogP contribution in [0.5, 0.6) is 0 Å². The summed E-state index contributed by atoms with van der Waals surface area (Å²) in [5, 5.41) is 5.72. The Bertz CT molecular complexity index is 956. The molecule has 0 aliphatic heterocycles. The summed E-state index contributed by atoms with van der Waals surface area (Å²) < 4.78 is 12.9. The fourth-order valence-corrected chi connectivity index (χ4v) is 2.34. The fourth-order valence-electron chi connectivity index (χ4n) is 2.34. The van der Waals surface area contributed by atoms with Crippen molar-refractivity contribution >= 4 is 23.3 Å². The number of Topliss-reactive ketones (excluding diaryl/α,β-unsaturated/α-hetero) is 1. The number of ketones is 1. The van der Waals surface area contributed by atoms with Gasteiger partial charge in [-0.1, -0.05) is 12.1 Å². The summed E-state index contributed by atoms with van der Waals surface area (Å²) in [5.74, 6) is -0.442. The number of benzene rings is 2. The number of hydrogen-bond acceptors (Lipinski definition) is 5. The minimum atomic E-state index is -0.391. The Balaban J connectivity index is 1.64. The Labute approximate surface area is 155 Å². The van der Waals surface area contributed by atoms with Gasteiger partial charge < -0.3 is 10.6 Å². The van der Waals surface area contributed by atoms with Gasteiger partial charge in [-0.2, -0.15) is 0 Å². The van der Waals surface area contributed by atoms with Gasteiger partial charge >= 0.3 is 0 Å². The van der Waals surface area contributed by atoms with E-state index in [1.165, 1.54) is 31.3 Å². The van der Waals surface area contributed by atoms with Gasteiger partial charge in [-0.15, -0.1) is 0 Å². The Kier molecular flexibility index (Phi) is 5.51. The predicted molar refractivity (Wildman–Crippen MR) is 100 cm³/mol. The largest absolute Gasteiger partial charge is 0.350 e. The van der Waals surface area contributed by atoms with Crippen LogP contribution in [-0.2, 0) is 6.54 Å². The van der Waals surface area contributed by atoms with Crippen molar-refractivity contribution in [2.75, 3.05) is 10.6 Å². The molecule has 0 fully saturated rings. The summed E-state index contributed by atoms with van der Waals surface area (Å²) in [6, 6.07) is 14.2. The lowest BCUT2D eigenvalue weighted by molar-refractivity contribution is 0.101. The van der Waals surface area contributed by atoms with Crippen molar-refractivity contribution in [3.8, 4) is 0 Å². The second kappa shape index (κ2) is 8.18. The average Bonchev–Trinajstić information content (AvgIpc) is 2.68. The van der Waals surface area contributed by atoms with Crippen LogP contribution >= 0.6 is 0 Å². The van der Waals surface area contributed by atoms with Gasteiger partial charge in [0, 0.05) is 24.0 Å². The number of carbonyl (C=O) groups is 2. The third-order valence-electron chi connectivity index (χ3n) is 3.80. The molecule has 136 valence electrons. The highest BCUT2D eigenvalue weighted by atomic mass is 19.1. The lowest BCUT2D eigenvalue weighted by Crippen LogP contribution is -2.15. The van der Waals surface area contributed by atoms with Crippen LogP contribution in [0.3, 0.4) is 0 Å². The highest BCUT2D eigenvalue weighted by Gasteiger charge is 2.10. The summed E-state index contributed by atoms with van der Waals surface area (Å²) >= 11 is 0. The third-order valence-corrected chi connectivity index (χ3v) is 3.80. The smallest absolute Gasteiger partial charge is 0.274 e. The molecule has 1 heterocycles. The molecule has 0 saturated heterocycles. The zero-order chi connectivity index (χ0) is 19.2. The molecule has 0 bridgehead atoms. The number of anilines is 2. The van der Waals surface area contributed by atoms with Crippen LogP contribution in [0, 0.1) is 5.82 Å². The molecule has 3 rings (SSSR count). The average molecular weight is 364 g/mol. The minimum Gasteiger partial charge on any atom is -0.350 e. The highest BCUT2D eigenvalue weighted by Crippen LogP contribution is 2.12. The van der Waals surface area contributed by atoms with Crippen molar-refractivity contribution in [3.05, 3.63) is 83.4 Å². The maximum Gasteiger partial charge on any atom is 0.274 e. The van der Waals surface area contributed by atoms with Gasteiger partial charge in [-0.25, -0.2) is 14.4 Å². The molecule has 0 radical (unpaired) electrons. The molecule has 0 atom stereocenters. The maximum absolute atomic E-state index is 12.9. The summed E-state index contributed by atoms with van der Waals surface area (Å²) in [5.41, 5.74) is 2.19. The highest BCUT2D eigenvalue weighted by molar-refractivity contribution is 6.03. The quantitative estimate of drug-likeness (QED) is 0.652. The second-order valence-electron chi connectivity index (χ2n) is 5.83. The molecule has 2 N–H and O–H groups in total. The number of nitrogens with zero attached hydrogens (tertiary/aromatic N) is 2. The number of amides is 1. The van der Waals surface area contributed by atoms with Gasteiger partial charge in [0.2, 0.25) is 5.95 Å². The van der Waals surface area contributed by atoms with Crippen molar-refractivity contribution in [2.45, 2.75) is 13.5 Å². The van der Waals surface area contributed by atoms with Gasteiger partial charge in [0.25, 0.3) is 5.91 Å². The number of carbonyl (C=O) groups excluding carboxylic acids is 2. The molecule has 0 aliphatic carbocycles. The van der Waals surface area contributed by atoms with E-state index in [4.69, 9.17) is 0 Å². The van der Waals surface area contributed by atoms with Crippen molar-refractivity contribution < 1.29 is 14.0 Å². The first-order valence-corrected chi connectivity index (χ1v) is 8.25. The standard InChI is InChI=1S/C20H17FN4O2/c1-13(26)15-4-8-17(9-5-15)24-19(27)18-10-11-22-20(25-18)23-12-14-2-6-16(21)7-3-14/h2-11H,12H2,1H3,(H,24,27)(H,22,23,25). The minimum absolute atomic E-state index is 0.0412. The Morgan fingerprint density at radius 3 is 2.37 bits per heavy atom. The van der Waals surface area contributed by atoms with E-state index >= 15 is 0 Å². The monoisotopic (exact) mass is 364 g/mol. The molecule has 6 nitrogen and oxygen atoms in total. The van der Waals surface area contributed by atoms with Crippen LogP contribution in [0.15, 0.2) is 60.8 Å². The van der Waals surface area contributed by atoms with E-state index in [1.54, 1.807) is 36.4 Å². The molecule has 0 saturated carbocycles. The summed E-state index contributed by atoms with van der Waals surface area (Å²) in [7, 11) is 0. The molecule has 0 spiro atoms. The van der Waals surface area contributed by atoms with E-state index < -0.39 is 5.91 Å². The van der Waals surface area contributed by atoms with E-state index in [2.05, 4.69) is 20.6 Å². The number of halogens is 1. The van der Waals surface area contributed by atoms with Crippen LogP contribution in [0.25, 0.3) is 0 Å². The van der Waals surface area contributed by atoms with E-state index in [9.17, 15) is 14.0 Å². The first-order chi connectivity index (χ1) is 13.0. The van der Waals surface area contributed by atoms with E-state index in [-0.39, 0.29) is 17.3 Å². The number of rotatable bonds is 6. The molecule has 1 amide bonds. The summed E-state index contributed by atoms with van der Waals surface area (Å²) in [4.78, 5) is 31.9.